The molecule has 0 aromatic heterocycles. The maximum absolute atomic E-state index is 10.2. The summed E-state index contributed by atoms with van der Waals surface area (Å²) < 4.78 is 0. The van der Waals surface area contributed by atoms with Gasteiger partial charge in [0.15, 0.2) is 0 Å². The van der Waals surface area contributed by atoms with Crippen LogP contribution in [-0.4, -0.2) is 19.4 Å². The molecule has 3 nitrogen and oxygen atoms in total. The Balaban J connectivity index is -0.000000177. The van der Waals surface area contributed by atoms with Crippen LogP contribution >= 0.6 is 0 Å². The van der Waals surface area contributed by atoms with Crippen molar-refractivity contribution in [2.75, 3.05) is 13.6 Å². The number of nitrogens with two attached hydrogens (primary N) is 1. The van der Waals surface area contributed by atoms with Crippen LogP contribution in [0.2, 0.25) is 0 Å². The molecule has 12 heavy (non-hydrogen) atoms. The zero-order valence-electron chi connectivity index (χ0n) is 7.80. The number of hydrogen-bond acceptors (Lipinski definition) is 3. The number of nitrogens with one attached hydrogen (secondary N) is 1. The van der Waals surface area contributed by atoms with Crippen LogP contribution in [0.3, 0.4) is 0 Å². The Kier molecular flexibility index (Phi) is 20.6. The summed E-state index contributed by atoms with van der Waals surface area (Å²) in [5.41, 5.74) is 5.24. The number of carbonyl (C=O) groups excluding carboxylic acids is 1. The molecular formula is C8H18N2OW. The largest absolute Gasteiger partial charge is 2.00 e. The summed E-state index contributed by atoms with van der Waals surface area (Å²) >= 11 is 0. The van der Waals surface area contributed by atoms with Crippen LogP contribution in [0.25, 0.3) is 0 Å². The van der Waals surface area contributed by atoms with Gasteiger partial charge < -0.3 is 22.8 Å². The van der Waals surface area contributed by atoms with E-state index in [9.17, 15) is 4.79 Å². The summed E-state index contributed by atoms with van der Waals surface area (Å²) in [6, 6.07) is 0. The Bertz CT molecular complexity index is 99.1. The first-order valence-electron chi connectivity index (χ1n) is 3.57. The van der Waals surface area contributed by atoms with E-state index in [4.69, 9.17) is 5.73 Å². The molecule has 72 valence electrons. The second-order valence-electron chi connectivity index (χ2n) is 2.44. The molecule has 0 fully saturated rings. The van der Waals surface area contributed by atoms with Crippen LogP contribution in [0, 0.1) is 19.9 Å². The molecule has 1 atom stereocenters. The molecule has 0 saturated heterocycles. The molecule has 3 N–H and O–H groups in total. The minimum atomic E-state index is -0.0250. The maximum atomic E-state index is 10.2. The predicted molar refractivity (Wildman–Crippen MR) is 47.6 cm³/mol. The van der Waals surface area contributed by atoms with Crippen molar-refractivity contribution in [1.82, 2.24) is 5.32 Å². The normalized spacial score (nSPS) is 10.3. The first kappa shape index (κ1) is 18.0. The number of hydrogen-bond donors (Lipinski definition) is 2. The fourth-order valence-corrected chi connectivity index (χ4v) is 0.472. The van der Waals surface area contributed by atoms with Gasteiger partial charge in [0.05, 0.1) is 0 Å². The molecule has 0 radical (unpaired) electrons. The van der Waals surface area contributed by atoms with Crippen molar-refractivity contribution in [2.24, 2.45) is 11.7 Å². The molecule has 0 bridgehead atoms. The Labute approximate surface area is 89.7 Å². The summed E-state index contributed by atoms with van der Waals surface area (Å²) in [6.45, 7) is 5.74. The van der Waals surface area contributed by atoms with E-state index in [1.54, 1.807) is 7.05 Å². The summed E-state index contributed by atoms with van der Waals surface area (Å²) in [4.78, 5) is 10.2. The van der Waals surface area contributed by atoms with Gasteiger partial charge in [0.2, 0.25) is 0 Å². The van der Waals surface area contributed by atoms with Gasteiger partial charge in [0.25, 0.3) is 0 Å². The van der Waals surface area contributed by atoms with Crippen LogP contribution in [-0.2, 0) is 25.9 Å². The molecule has 0 aliphatic rings. The monoisotopic (exact) mass is 342 g/mol. The predicted octanol–water partition coefficient (Wildman–Crippen LogP) is 0.369. The van der Waals surface area contributed by atoms with Crippen LogP contribution in [0.1, 0.15) is 13.3 Å². The van der Waals surface area contributed by atoms with Crippen molar-refractivity contribution in [2.45, 2.75) is 13.3 Å². The third-order valence-electron chi connectivity index (χ3n) is 0.979. The summed E-state index contributed by atoms with van der Waals surface area (Å²) in [6.07, 6.45) is 0.510. The SMILES string of the molecule is [CH2-]C(=O)CC(C)CN.[CH2-]NC.[W+2]. The van der Waals surface area contributed by atoms with E-state index in [2.05, 4.69) is 19.3 Å². The maximum Gasteiger partial charge on any atom is 2.00 e. The number of ketones is 1. The van der Waals surface area contributed by atoms with E-state index < -0.39 is 0 Å². The molecule has 0 heterocycles. The summed E-state index contributed by atoms with van der Waals surface area (Å²) in [7, 11) is 5.00. The molecule has 0 saturated carbocycles. The van der Waals surface area contributed by atoms with E-state index in [-0.39, 0.29) is 26.8 Å². The summed E-state index contributed by atoms with van der Waals surface area (Å²) in [5.74, 6) is 0.267. The van der Waals surface area contributed by atoms with Gasteiger partial charge in [-0.25, -0.2) is 0 Å². The minimum absolute atomic E-state index is 0. The second kappa shape index (κ2) is 13.7. The second-order valence-corrected chi connectivity index (χ2v) is 2.44. The molecule has 0 aromatic rings. The Hall–Kier alpha value is 0.148. The van der Waals surface area contributed by atoms with Gasteiger partial charge in [-0.05, 0) is 31.7 Å². The quantitative estimate of drug-likeness (QED) is 0.729. The molecular weight excluding hydrogens is 324 g/mol. The van der Waals surface area contributed by atoms with Gasteiger partial charge in [0, 0.05) is 0 Å². The van der Waals surface area contributed by atoms with E-state index in [0.29, 0.717) is 18.9 Å². The molecule has 0 rings (SSSR count). The Morgan fingerprint density at radius 2 is 2.00 bits per heavy atom. The van der Waals surface area contributed by atoms with Crippen LogP contribution in [0.5, 0.6) is 0 Å². The van der Waals surface area contributed by atoms with Gasteiger partial charge in [-0.2, -0.15) is 0 Å². The van der Waals surface area contributed by atoms with E-state index in [1.165, 1.54) is 0 Å². The molecule has 0 spiro atoms. The Morgan fingerprint density at radius 3 is 2.08 bits per heavy atom. The van der Waals surface area contributed by atoms with Gasteiger partial charge >= 0.3 is 21.1 Å². The summed E-state index contributed by atoms with van der Waals surface area (Å²) in [5, 5.41) is 2.50. The van der Waals surface area contributed by atoms with Gasteiger partial charge in [-0.15, -0.1) is 0 Å². The van der Waals surface area contributed by atoms with Gasteiger partial charge in [0.1, 0.15) is 0 Å². The number of Topliss-reactive ketones (excluding diaryl/α,β-unsaturated/α-hetero) is 1. The third kappa shape index (κ3) is 22.5. The van der Waals surface area contributed by atoms with Crippen molar-refractivity contribution in [3.05, 3.63) is 14.0 Å². The first-order chi connectivity index (χ1) is 5.08. The van der Waals surface area contributed by atoms with Crippen molar-refractivity contribution in [1.29, 1.82) is 0 Å². The van der Waals surface area contributed by atoms with Crippen molar-refractivity contribution < 1.29 is 25.9 Å². The minimum Gasteiger partial charge on any atom is -0.475 e. The van der Waals surface area contributed by atoms with Crippen molar-refractivity contribution >= 4 is 5.78 Å². The van der Waals surface area contributed by atoms with E-state index in [0.717, 1.165) is 0 Å². The van der Waals surface area contributed by atoms with Crippen LogP contribution in [0.4, 0.5) is 0 Å². The fraction of sp³-hybridized carbons (Fsp3) is 0.625. The van der Waals surface area contributed by atoms with Crippen LogP contribution < -0.4 is 11.1 Å². The third-order valence-corrected chi connectivity index (χ3v) is 0.979. The van der Waals surface area contributed by atoms with E-state index >= 15 is 0 Å². The molecule has 0 aliphatic heterocycles. The average Bonchev–Trinajstić information content (AvgIpc) is 1.88. The first-order valence-corrected chi connectivity index (χ1v) is 3.57. The van der Waals surface area contributed by atoms with Crippen molar-refractivity contribution in [3.63, 3.8) is 0 Å². The standard InChI is InChI=1S/C6H12NO.C2H6N.W/c1-5(4-7)3-6(2)8;1-3-2;/h5H,2-4,7H2,1H3;3H,1H2,2H3;/q2*-1;+2. The van der Waals surface area contributed by atoms with E-state index in [1.807, 2.05) is 6.92 Å². The molecule has 1 unspecified atom stereocenters. The molecule has 0 amide bonds. The molecule has 0 aromatic carbocycles. The zero-order chi connectivity index (χ0) is 9.28. The smallest absolute Gasteiger partial charge is 0.475 e. The molecule has 4 heteroatoms. The fourth-order valence-electron chi connectivity index (χ4n) is 0.472. The van der Waals surface area contributed by atoms with Gasteiger partial charge in [-0.3, -0.25) is 7.05 Å². The Morgan fingerprint density at radius 1 is 1.67 bits per heavy atom. The topological polar surface area (TPSA) is 55.1 Å². The zero-order valence-corrected chi connectivity index (χ0v) is 10.7. The van der Waals surface area contributed by atoms with Crippen molar-refractivity contribution in [3.8, 4) is 0 Å². The number of carbonyl (C=O) groups is 1. The molecule has 0 aliphatic carbocycles. The van der Waals surface area contributed by atoms with Gasteiger partial charge in [-0.1, -0.05) is 6.92 Å². The average molecular weight is 342 g/mol. The van der Waals surface area contributed by atoms with Crippen LogP contribution in [0.15, 0.2) is 0 Å². The number of rotatable bonds is 3.